The Morgan fingerprint density at radius 2 is 2.43 bits per heavy atom. The molecule has 0 saturated carbocycles. The van der Waals surface area contributed by atoms with Gasteiger partial charge in [-0.3, -0.25) is 4.79 Å². The van der Waals surface area contributed by atoms with Crippen molar-refractivity contribution in [1.82, 2.24) is 19.8 Å². The second kappa shape index (κ2) is 3.81. The molecule has 2 heterocycles. The average Bonchev–Trinajstić information content (AvgIpc) is 2.59. The lowest BCUT2D eigenvalue weighted by Crippen LogP contribution is -2.14. The highest BCUT2D eigenvalue weighted by Crippen LogP contribution is 2.10. The molecule has 7 heteroatoms. The molecule has 0 amide bonds. The summed E-state index contributed by atoms with van der Waals surface area (Å²) in [6, 6.07) is 0. The molecule has 0 atom stereocenters. The lowest BCUT2D eigenvalue weighted by molar-refractivity contribution is 0.778. The summed E-state index contributed by atoms with van der Waals surface area (Å²) in [7, 11) is 0. The first-order valence-electron chi connectivity index (χ1n) is 4.22. The zero-order valence-corrected chi connectivity index (χ0v) is 8.20. The Balaban J connectivity index is 2.41. The van der Waals surface area contributed by atoms with E-state index < -0.39 is 0 Å². The summed E-state index contributed by atoms with van der Waals surface area (Å²) >= 11 is 1.37. The lowest BCUT2D eigenvalue weighted by Gasteiger charge is -1.88. The fourth-order valence-electron chi connectivity index (χ4n) is 1.07. The number of fused-ring (bicyclic) bond motifs is 1. The Morgan fingerprint density at radius 1 is 1.57 bits per heavy atom. The molecule has 2 aromatic rings. The summed E-state index contributed by atoms with van der Waals surface area (Å²) in [6.07, 6.45) is 2.80. The Kier molecular flexibility index (Phi) is 2.51. The van der Waals surface area contributed by atoms with E-state index in [0.717, 1.165) is 24.0 Å². The monoisotopic (exact) mass is 211 g/mol. The minimum Gasteiger partial charge on any atom is -0.330 e. The summed E-state index contributed by atoms with van der Waals surface area (Å²) in [5.41, 5.74) is 5.14. The van der Waals surface area contributed by atoms with Crippen molar-refractivity contribution in [1.29, 1.82) is 0 Å². The summed E-state index contributed by atoms with van der Waals surface area (Å²) < 4.78 is 1.27. The number of hydrogen-bond donors (Lipinski definition) is 1. The molecule has 2 aromatic heterocycles. The van der Waals surface area contributed by atoms with Crippen LogP contribution in [0, 0.1) is 0 Å². The summed E-state index contributed by atoms with van der Waals surface area (Å²) in [4.78, 5) is 11.8. The summed E-state index contributed by atoms with van der Waals surface area (Å²) in [5.74, 6) is 0. The second-order valence-corrected chi connectivity index (χ2v) is 3.81. The third-order valence-corrected chi connectivity index (χ3v) is 2.68. The van der Waals surface area contributed by atoms with E-state index in [1.807, 2.05) is 0 Å². The van der Waals surface area contributed by atoms with Crippen LogP contribution in [0.15, 0.2) is 11.0 Å². The molecule has 2 rings (SSSR count). The molecule has 6 nitrogen and oxygen atoms in total. The van der Waals surface area contributed by atoms with E-state index in [4.69, 9.17) is 5.73 Å². The van der Waals surface area contributed by atoms with Crippen LogP contribution in [0.25, 0.3) is 4.96 Å². The molecule has 14 heavy (non-hydrogen) atoms. The number of aromatic nitrogens is 4. The van der Waals surface area contributed by atoms with E-state index in [9.17, 15) is 4.79 Å². The molecule has 0 aliphatic carbocycles. The van der Waals surface area contributed by atoms with Crippen LogP contribution < -0.4 is 11.3 Å². The van der Waals surface area contributed by atoms with E-state index in [1.165, 1.54) is 15.9 Å². The summed E-state index contributed by atoms with van der Waals surface area (Å²) in [5, 5.41) is 12.4. The van der Waals surface area contributed by atoms with Gasteiger partial charge in [-0.15, -0.1) is 5.10 Å². The normalized spacial score (nSPS) is 10.9. The standard InChI is InChI=1S/C7H9N5OS/c8-3-1-2-5-11-12-6(13)4-9-10-7(12)14-5/h4H,1-3,8H2. The second-order valence-electron chi connectivity index (χ2n) is 2.77. The summed E-state index contributed by atoms with van der Waals surface area (Å²) in [6.45, 7) is 0.622. The van der Waals surface area contributed by atoms with Gasteiger partial charge in [0, 0.05) is 6.42 Å². The zero-order valence-electron chi connectivity index (χ0n) is 7.38. The number of aryl methyl sites for hydroxylation is 1. The van der Waals surface area contributed by atoms with Crippen LogP contribution in [0.4, 0.5) is 0 Å². The maximum Gasteiger partial charge on any atom is 0.293 e. The van der Waals surface area contributed by atoms with Gasteiger partial charge in [-0.25, -0.2) is 0 Å². The largest absolute Gasteiger partial charge is 0.330 e. The first-order chi connectivity index (χ1) is 6.81. The van der Waals surface area contributed by atoms with Crippen molar-refractivity contribution in [2.45, 2.75) is 12.8 Å². The molecule has 0 spiro atoms. The topological polar surface area (TPSA) is 86.2 Å². The lowest BCUT2D eigenvalue weighted by atomic mass is 10.3. The van der Waals surface area contributed by atoms with E-state index in [1.54, 1.807) is 0 Å². The average molecular weight is 211 g/mol. The predicted octanol–water partition coefficient (Wildman–Crippen LogP) is -0.563. The highest BCUT2D eigenvalue weighted by atomic mass is 32.1. The van der Waals surface area contributed by atoms with Gasteiger partial charge < -0.3 is 5.73 Å². The molecule has 0 saturated heterocycles. The molecule has 0 bridgehead atoms. The number of nitrogens with zero attached hydrogens (tertiary/aromatic N) is 4. The number of rotatable bonds is 3. The van der Waals surface area contributed by atoms with Gasteiger partial charge in [0.1, 0.15) is 11.2 Å². The number of hydrogen-bond acceptors (Lipinski definition) is 6. The Hall–Kier alpha value is -1.34. The van der Waals surface area contributed by atoms with E-state index in [-0.39, 0.29) is 5.56 Å². The SMILES string of the molecule is NCCCc1nn2c(=O)cnnc2s1. The maximum absolute atomic E-state index is 11.2. The van der Waals surface area contributed by atoms with E-state index >= 15 is 0 Å². The predicted molar refractivity (Wildman–Crippen MR) is 52.3 cm³/mol. The van der Waals surface area contributed by atoms with Crippen molar-refractivity contribution in [3.63, 3.8) is 0 Å². The minimum atomic E-state index is -0.245. The van der Waals surface area contributed by atoms with Crippen molar-refractivity contribution in [2.75, 3.05) is 6.54 Å². The first kappa shape index (κ1) is 9.22. The molecular formula is C7H9N5OS. The maximum atomic E-state index is 11.2. The van der Waals surface area contributed by atoms with Crippen LogP contribution >= 0.6 is 11.3 Å². The molecular weight excluding hydrogens is 202 g/mol. The molecule has 0 aromatic carbocycles. The van der Waals surface area contributed by atoms with Gasteiger partial charge in [-0.2, -0.15) is 14.7 Å². The molecule has 0 radical (unpaired) electrons. The van der Waals surface area contributed by atoms with Crippen molar-refractivity contribution < 1.29 is 0 Å². The van der Waals surface area contributed by atoms with Gasteiger partial charge in [0.25, 0.3) is 5.56 Å². The van der Waals surface area contributed by atoms with Gasteiger partial charge in [0.15, 0.2) is 0 Å². The van der Waals surface area contributed by atoms with Crippen molar-refractivity contribution >= 4 is 16.3 Å². The van der Waals surface area contributed by atoms with Crippen LogP contribution in [0.3, 0.4) is 0 Å². The van der Waals surface area contributed by atoms with Crippen LogP contribution in [-0.2, 0) is 6.42 Å². The van der Waals surface area contributed by atoms with Gasteiger partial charge in [-0.05, 0) is 13.0 Å². The molecule has 0 unspecified atom stereocenters. The zero-order chi connectivity index (χ0) is 9.97. The van der Waals surface area contributed by atoms with E-state index in [2.05, 4.69) is 15.3 Å². The third kappa shape index (κ3) is 1.64. The highest BCUT2D eigenvalue weighted by Gasteiger charge is 2.05. The van der Waals surface area contributed by atoms with Gasteiger partial charge in [0.05, 0.1) is 0 Å². The highest BCUT2D eigenvalue weighted by molar-refractivity contribution is 7.16. The molecule has 74 valence electrons. The molecule has 0 fully saturated rings. The Bertz CT molecular complexity index is 490. The van der Waals surface area contributed by atoms with Crippen molar-refractivity contribution in [3.8, 4) is 0 Å². The van der Waals surface area contributed by atoms with Gasteiger partial charge in [-0.1, -0.05) is 11.3 Å². The van der Waals surface area contributed by atoms with Crippen LogP contribution in [0.5, 0.6) is 0 Å². The van der Waals surface area contributed by atoms with Crippen molar-refractivity contribution in [3.05, 3.63) is 21.6 Å². The Morgan fingerprint density at radius 3 is 3.14 bits per heavy atom. The quantitative estimate of drug-likeness (QED) is 0.735. The van der Waals surface area contributed by atoms with E-state index in [0.29, 0.717) is 11.5 Å². The smallest absolute Gasteiger partial charge is 0.293 e. The minimum absolute atomic E-state index is 0.245. The molecule has 0 aliphatic rings. The fraction of sp³-hybridized carbons (Fsp3) is 0.429. The van der Waals surface area contributed by atoms with Crippen LogP contribution in [-0.4, -0.2) is 26.4 Å². The van der Waals surface area contributed by atoms with Crippen LogP contribution in [0.1, 0.15) is 11.4 Å². The Labute approximate surface area is 83.4 Å². The third-order valence-electron chi connectivity index (χ3n) is 1.72. The molecule has 0 aliphatic heterocycles. The van der Waals surface area contributed by atoms with Crippen molar-refractivity contribution in [2.24, 2.45) is 5.73 Å². The first-order valence-corrected chi connectivity index (χ1v) is 5.03. The number of nitrogens with two attached hydrogens (primary N) is 1. The van der Waals surface area contributed by atoms with Crippen LogP contribution in [0.2, 0.25) is 0 Å². The van der Waals surface area contributed by atoms with Gasteiger partial charge in [0.2, 0.25) is 4.96 Å². The molecule has 2 N–H and O–H groups in total. The fourth-order valence-corrected chi connectivity index (χ4v) is 1.95. The van der Waals surface area contributed by atoms with Gasteiger partial charge >= 0.3 is 0 Å².